The minimum atomic E-state index is -0.127. The first kappa shape index (κ1) is 17.2. The first-order chi connectivity index (χ1) is 13.2. The summed E-state index contributed by atoms with van der Waals surface area (Å²) in [6.45, 7) is 1.93. The average molecular weight is 358 g/mol. The van der Waals surface area contributed by atoms with Crippen molar-refractivity contribution in [1.82, 2.24) is 0 Å². The number of methoxy groups -OCH3 is 1. The second-order valence-electron chi connectivity index (χ2n) is 6.67. The van der Waals surface area contributed by atoms with Gasteiger partial charge in [-0.1, -0.05) is 24.3 Å². The summed E-state index contributed by atoms with van der Waals surface area (Å²) >= 11 is 0. The molecule has 0 aromatic heterocycles. The summed E-state index contributed by atoms with van der Waals surface area (Å²) in [6.07, 6.45) is 1.06. The van der Waals surface area contributed by atoms with E-state index >= 15 is 0 Å². The van der Waals surface area contributed by atoms with E-state index in [1.165, 1.54) is 16.8 Å². The molecule has 0 saturated carbocycles. The summed E-state index contributed by atoms with van der Waals surface area (Å²) in [4.78, 5) is 14.7. The average Bonchev–Trinajstić information content (AvgIpc) is 2.74. The van der Waals surface area contributed by atoms with Crippen LogP contribution in [0.2, 0.25) is 0 Å². The third-order valence-corrected chi connectivity index (χ3v) is 4.97. The van der Waals surface area contributed by atoms with Crippen molar-refractivity contribution < 1.29 is 9.53 Å². The monoisotopic (exact) mass is 358 g/mol. The van der Waals surface area contributed by atoms with Crippen molar-refractivity contribution >= 4 is 17.3 Å². The Kier molecular flexibility index (Phi) is 4.79. The van der Waals surface area contributed by atoms with E-state index in [2.05, 4.69) is 46.6 Å². The van der Waals surface area contributed by atoms with Gasteiger partial charge in [-0.25, -0.2) is 0 Å². The number of nitrogens with one attached hydrogen (secondary N) is 1. The van der Waals surface area contributed by atoms with E-state index in [1.807, 2.05) is 12.1 Å². The van der Waals surface area contributed by atoms with Crippen LogP contribution in [0.15, 0.2) is 72.8 Å². The van der Waals surface area contributed by atoms with Crippen molar-refractivity contribution in [3.63, 3.8) is 0 Å². The third kappa shape index (κ3) is 3.80. The molecule has 27 heavy (non-hydrogen) atoms. The summed E-state index contributed by atoms with van der Waals surface area (Å²) < 4.78 is 5.12. The number of fused-ring (bicyclic) bond motifs is 1. The fourth-order valence-electron chi connectivity index (χ4n) is 3.42. The van der Waals surface area contributed by atoms with Crippen molar-refractivity contribution in [1.29, 1.82) is 0 Å². The van der Waals surface area contributed by atoms with E-state index in [1.54, 1.807) is 31.4 Å². The van der Waals surface area contributed by atoms with Gasteiger partial charge in [0, 0.05) is 30.0 Å². The molecule has 0 aliphatic carbocycles. The van der Waals surface area contributed by atoms with Crippen molar-refractivity contribution in [2.75, 3.05) is 23.9 Å². The highest BCUT2D eigenvalue weighted by Crippen LogP contribution is 2.25. The van der Waals surface area contributed by atoms with E-state index in [4.69, 9.17) is 4.74 Å². The van der Waals surface area contributed by atoms with Crippen molar-refractivity contribution in [3.8, 4) is 5.75 Å². The SMILES string of the molecule is COc1ccc(C(=O)Nc2ccc(N3CCc4ccccc4C3)cc2)cc1. The Morgan fingerprint density at radius 2 is 1.63 bits per heavy atom. The van der Waals surface area contributed by atoms with Crippen LogP contribution in [0.5, 0.6) is 5.75 Å². The molecule has 1 heterocycles. The van der Waals surface area contributed by atoms with E-state index < -0.39 is 0 Å². The zero-order chi connectivity index (χ0) is 18.6. The Morgan fingerprint density at radius 1 is 0.926 bits per heavy atom. The molecule has 0 saturated heterocycles. The van der Waals surface area contributed by atoms with Gasteiger partial charge < -0.3 is 15.0 Å². The van der Waals surface area contributed by atoms with Gasteiger partial charge >= 0.3 is 0 Å². The fraction of sp³-hybridized carbons (Fsp3) is 0.174. The molecule has 0 unspecified atom stereocenters. The molecule has 4 nitrogen and oxygen atoms in total. The molecule has 0 atom stereocenters. The highest BCUT2D eigenvalue weighted by atomic mass is 16.5. The minimum Gasteiger partial charge on any atom is -0.497 e. The van der Waals surface area contributed by atoms with Crippen LogP contribution in [0.3, 0.4) is 0 Å². The number of carbonyl (C=O) groups is 1. The molecule has 4 heteroatoms. The highest BCUT2D eigenvalue weighted by molar-refractivity contribution is 6.04. The first-order valence-electron chi connectivity index (χ1n) is 9.10. The summed E-state index contributed by atoms with van der Waals surface area (Å²) in [6, 6.07) is 23.7. The minimum absolute atomic E-state index is 0.127. The molecule has 136 valence electrons. The Balaban J connectivity index is 1.42. The van der Waals surface area contributed by atoms with E-state index in [0.717, 1.165) is 30.9 Å². The molecule has 3 aromatic carbocycles. The van der Waals surface area contributed by atoms with Gasteiger partial charge in [-0.2, -0.15) is 0 Å². The Labute approximate surface area is 159 Å². The molecule has 1 aliphatic rings. The number of ether oxygens (including phenoxy) is 1. The van der Waals surface area contributed by atoms with Gasteiger partial charge in [0.15, 0.2) is 0 Å². The maximum atomic E-state index is 12.4. The molecule has 1 N–H and O–H groups in total. The topological polar surface area (TPSA) is 41.6 Å². The van der Waals surface area contributed by atoms with Crippen LogP contribution in [0.1, 0.15) is 21.5 Å². The summed E-state index contributed by atoms with van der Waals surface area (Å²) in [5, 5.41) is 2.94. The predicted molar refractivity (Wildman–Crippen MR) is 109 cm³/mol. The van der Waals surface area contributed by atoms with E-state index in [-0.39, 0.29) is 5.91 Å². The Morgan fingerprint density at radius 3 is 2.33 bits per heavy atom. The van der Waals surface area contributed by atoms with Gasteiger partial charge in [-0.15, -0.1) is 0 Å². The lowest BCUT2D eigenvalue weighted by molar-refractivity contribution is 0.102. The maximum absolute atomic E-state index is 12.4. The molecule has 0 fully saturated rings. The second-order valence-corrected chi connectivity index (χ2v) is 6.67. The zero-order valence-electron chi connectivity index (χ0n) is 15.3. The summed E-state index contributed by atoms with van der Waals surface area (Å²) in [5.74, 6) is 0.608. The maximum Gasteiger partial charge on any atom is 0.255 e. The van der Waals surface area contributed by atoms with Crippen LogP contribution < -0.4 is 15.0 Å². The van der Waals surface area contributed by atoms with Crippen molar-refractivity contribution in [2.45, 2.75) is 13.0 Å². The standard InChI is InChI=1S/C23H22N2O2/c1-27-22-12-6-18(7-13-22)23(26)24-20-8-10-21(11-9-20)25-15-14-17-4-2-3-5-19(17)16-25/h2-13H,14-16H2,1H3,(H,24,26). The number of rotatable bonds is 4. The number of anilines is 2. The number of hydrogen-bond acceptors (Lipinski definition) is 3. The van der Waals surface area contributed by atoms with Crippen LogP contribution in [-0.2, 0) is 13.0 Å². The van der Waals surface area contributed by atoms with Crippen LogP contribution in [0, 0.1) is 0 Å². The first-order valence-corrected chi connectivity index (χ1v) is 9.10. The molecule has 0 radical (unpaired) electrons. The molecule has 3 aromatic rings. The highest BCUT2D eigenvalue weighted by Gasteiger charge is 2.16. The molecule has 4 rings (SSSR count). The number of amides is 1. The van der Waals surface area contributed by atoms with Crippen LogP contribution in [-0.4, -0.2) is 19.6 Å². The normalized spacial score (nSPS) is 13.0. The fourth-order valence-corrected chi connectivity index (χ4v) is 3.42. The number of hydrogen-bond donors (Lipinski definition) is 1. The summed E-state index contributed by atoms with van der Waals surface area (Å²) in [7, 11) is 1.61. The van der Waals surface area contributed by atoms with Gasteiger partial charge in [0.05, 0.1) is 7.11 Å². The lowest BCUT2D eigenvalue weighted by Gasteiger charge is -2.30. The van der Waals surface area contributed by atoms with Gasteiger partial charge in [0.2, 0.25) is 0 Å². The molecule has 0 bridgehead atoms. The van der Waals surface area contributed by atoms with Crippen molar-refractivity contribution in [2.24, 2.45) is 0 Å². The summed E-state index contributed by atoms with van der Waals surface area (Å²) in [5.41, 5.74) is 5.40. The smallest absolute Gasteiger partial charge is 0.255 e. The van der Waals surface area contributed by atoms with Gasteiger partial charge in [0.1, 0.15) is 5.75 Å². The molecular formula is C23H22N2O2. The van der Waals surface area contributed by atoms with E-state index in [0.29, 0.717) is 5.56 Å². The largest absolute Gasteiger partial charge is 0.497 e. The van der Waals surface area contributed by atoms with Crippen LogP contribution >= 0.6 is 0 Å². The van der Waals surface area contributed by atoms with E-state index in [9.17, 15) is 4.79 Å². The second kappa shape index (κ2) is 7.54. The van der Waals surface area contributed by atoms with Crippen LogP contribution in [0.25, 0.3) is 0 Å². The molecule has 1 amide bonds. The van der Waals surface area contributed by atoms with Crippen LogP contribution in [0.4, 0.5) is 11.4 Å². The van der Waals surface area contributed by atoms with Gasteiger partial charge in [0.25, 0.3) is 5.91 Å². The third-order valence-electron chi connectivity index (χ3n) is 4.97. The predicted octanol–water partition coefficient (Wildman–Crippen LogP) is 4.51. The lowest BCUT2D eigenvalue weighted by atomic mass is 9.99. The van der Waals surface area contributed by atoms with Gasteiger partial charge in [-0.05, 0) is 66.1 Å². The molecule has 0 spiro atoms. The van der Waals surface area contributed by atoms with Gasteiger partial charge in [-0.3, -0.25) is 4.79 Å². The Hall–Kier alpha value is -3.27. The molecular weight excluding hydrogens is 336 g/mol. The zero-order valence-corrected chi connectivity index (χ0v) is 15.3. The number of nitrogens with zero attached hydrogens (tertiary/aromatic N) is 1. The number of carbonyl (C=O) groups excluding carboxylic acids is 1. The number of benzene rings is 3. The quantitative estimate of drug-likeness (QED) is 0.746. The lowest BCUT2D eigenvalue weighted by Crippen LogP contribution is -2.30. The van der Waals surface area contributed by atoms with Crippen molar-refractivity contribution in [3.05, 3.63) is 89.5 Å². The molecule has 1 aliphatic heterocycles. The Bertz CT molecular complexity index is 933.